The molecule has 76 valence electrons. The highest BCUT2D eigenvalue weighted by atomic mass is 14.7. The van der Waals surface area contributed by atoms with Crippen LogP contribution in [-0.4, -0.2) is 6.54 Å². The van der Waals surface area contributed by atoms with Gasteiger partial charge in [0.15, 0.2) is 0 Å². The Morgan fingerprint density at radius 2 is 2.15 bits per heavy atom. The van der Waals surface area contributed by atoms with Crippen LogP contribution in [0, 0.1) is 23.2 Å². The van der Waals surface area contributed by atoms with Crippen molar-refractivity contribution < 1.29 is 0 Å². The third kappa shape index (κ3) is 1.63. The zero-order chi connectivity index (χ0) is 9.47. The second-order valence-electron chi connectivity index (χ2n) is 5.60. The van der Waals surface area contributed by atoms with Crippen molar-refractivity contribution in [2.75, 3.05) is 6.54 Å². The van der Waals surface area contributed by atoms with Crippen molar-refractivity contribution in [3.63, 3.8) is 0 Å². The van der Waals surface area contributed by atoms with Crippen LogP contribution in [0.2, 0.25) is 0 Å². The van der Waals surface area contributed by atoms with E-state index in [1.807, 2.05) is 0 Å². The molecule has 0 aromatic rings. The highest BCUT2D eigenvalue weighted by Crippen LogP contribution is 2.62. The monoisotopic (exact) mass is 181 g/mol. The molecule has 0 heterocycles. The largest absolute Gasteiger partial charge is 0.330 e. The molecule has 2 rings (SSSR count). The van der Waals surface area contributed by atoms with Gasteiger partial charge < -0.3 is 5.73 Å². The van der Waals surface area contributed by atoms with Crippen LogP contribution < -0.4 is 5.73 Å². The van der Waals surface area contributed by atoms with Crippen molar-refractivity contribution in [1.82, 2.24) is 0 Å². The predicted octanol–water partition coefficient (Wildman–Crippen LogP) is 2.80. The molecule has 2 saturated carbocycles. The standard InChI is InChI=1S/C12H23N/c1-9(2)10-4-3-5-12(6-10)7-11(12)8-13/h9-11H,3-8,13H2,1-2H3. The fourth-order valence-corrected chi connectivity index (χ4v) is 3.33. The fraction of sp³-hybridized carbons (Fsp3) is 1.00. The van der Waals surface area contributed by atoms with E-state index in [9.17, 15) is 0 Å². The van der Waals surface area contributed by atoms with Crippen LogP contribution in [0.4, 0.5) is 0 Å². The Morgan fingerprint density at radius 1 is 1.38 bits per heavy atom. The summed E-state index contributed by atoms with van der Waals surface area (Å²) in [5.41, 5.74) is 6.49. The second-order valence-corrected chi connectivity index (χ2v) is 5.60. The maximum absolute atomic E-state index is 5.76. The van der Waals surface area contributed by atoms with Crippen LogP contribution in [-0.2, 0) is 0 Å². The predicted molar refractivity (Wildman–Crippen MR) is 56.4 cm³/mol. The van der Waals surface area contributed by atoms with Crippen molar-refractivity contribution in [3.8, 4) is 0 Å². The maximum atomic E-state index is 5.76. The van der Waals surface area contributed by atoms with E-state index < -0.39 is 0 Å². The molecule has 2 aliphatic carbocycles. The highest BCUT2D eigenvalue weighted by Gasteiger charge is 2.54. The lowest BCUT2D eigenvalue weighted by molar-refractivity contribution is 0.186. The van der Waals surface area contributed by atoms with Crippen molar-refractivity contribution in [2.45, 2.75) is 46.0 Å². The summed E-state index contributed by atoms with van der Waals surface area (Å²) < 4.78 is 0. The van der Waals surface area contributed by atoms with Gasteiger partial charge in [-0.05, 0) is 49.0 Å². The smallest absolute Gasteiger partial charge is 0.00433 e. The molecule has 1 spiro atoms. The first kappa shape index (κ1) is 9.51. The van der Waals surface area contributed by atoms with Crippen LogP contribution >= 0.6 is 0 Å². The zero-order valence-electron chi connectivity index (χ0n) is 9.05. The molecule has 1 heteroatoms. The molecular weight excluding hydrogens is 158 g/mol. The van der Waals surface area contributed by atoms with Crippen LogP contribution in [0.5, 0.6) is 0 Å². The molecule has 2 N–H and O–H groups in total. The Kier molecular flexibility index (Phi) is 2.39. The van der Waals surface area contributed by atoms with Crippen molar-refractivity contribution in [2.24, 2.45) is 28.9 Å². The number of hydrogen-bond donors (Lipinski definition) is 1. The van der Waals surface area contributed by atoms with Crippen molar-refractivity contribution in [3.05, 3.63) is 0 Å². The van der Waals surface area contributed by atoms with E-state index in [1.165, 1.54) is 32.1 Å². The van der Waals surface area contributed by atoms with Gasteiger partial charge in [-0.1, -0.05) is 26.7 Å². The lowest BCUT2D eigenvalue weighted by Gasteiger charge is -2.32. The first-order valence-electron chi connectivity index (χ1n) is 5.88. The van der Waals surface area contributed by atoms with Crippen LogP contribution in [0.1, 0.15) is 46.0 Å². The van der Waals surface area contributed by atoms with E-state index in [0.29, 0.717) is 0 Å². The summed E-state index contributed by atoms with van der Waals surface area (Å²) in [4.78, 5) is 0. The van der Waals surface area contributed by atoms with Gasteiger partial charge in [0, 0.05) is 0 Å². The molecule has 0 radical (unpaired) electrons. The third-order valence-electron chi connectivity index (χ3n) is 4.50. The van der Waals surface area contributed by atoms with E-state index in [4.69, 9.17) is 5.73 Å². The molecule has 0 aromatic carbocycles. The number of hydrogen-bond acceptors (Lipinski definition) is 1. The molecule has 0 amide bonds. The lowest BCUT2D eigenvalue weighted by atomic mass is 9.73. The Morgan fingerprint density at radius 3 is 2.69 bits per heavy atom. The lowest BCUT2D eigenvalue weighted by Crippen LogP contribution is -2.23. The summed E-state index contributed by atoms with van der Waals surface area (Å²) in [5.74, 6) is 2.76. The number of rotatable bonds is 2. The molecule has 0 bridgehead atoms. The van der Waals surface area contributed by atoms with E-state index in [-0.39, 0.29) is 0 Å². The molecular formula is C12H23N. The van der Waals surface area contributed by atoms with Gasteiger partial charge in [0.05, 0.1) is 0 Å². The van der Waals surface area contributed by atoms with Gasteiger partial charge in [-0.15, -0.1) is 0 Å². The topological polar surface area (TPSA) is 26.0 Å². The molecule has 13 heavy (non-hydrogen) atoms. The van der Waals surface area contributed by atoms with Gasteiger partial charge in [0.2, 0.25) is 0 Å². The van der Waals surface area contributed by atoms with E-state index >= 15 is 0 Å². The number of nitrogens with two attached hydrogens (primary N) is 1. The first-order valence-corrected chi connectivity index (χ1v) is 5.88. The minimum Gasteiger partial charge on any atom is -0.330 e. The first-order chi connectivity index (χ1) is 6.18. The van der Waals surface area contributed by atoms with E-state index in [1.54, 1.807) is 0 Å². The SMILES string of the molecule is CC(C)C1CCCC2(C1)CC2CN. The molecule has 0 saturated heterocycles. The average Bonchev–Trinajstić information content (AvgIpc) is 2.78. The second kappa shape index (κ2) is 3.27. The van der Waals surface area contributed by atoms with Crippen LogP contribution in [0.3, 0.4) is 0 Å². The zero-order valence-corrected chi connectivity index (χ0v) is 9.05. The molecule has 0 aliphatic heterocycles. The minimum atomic E-state index is 0.724. The molecule has 1 nitrogen and oxygen atoms in total. The normalized spacial score (nSPS) is 44.3. The Labute approximate surface area is 82.1 Å². The summed E-state index contributed by atoms with van der Waals surface area (Å²) in [7, 11) is 0. The molecule has 0 aromatic heterocycles. The Balaban J connectivity index is 1.94. The van der Waals surface area contributed by atoms with Gasteiger partial charge in [0.1, 0.15) is 0 Å². The quantitative estimate of drug-likeness (QED) is 0.696. The summed E-state index contributed by atoms with van der Waals surface area (Å²) in [6.45, 7) is 5.69. The summed E-state index contributed by atoms with van der Waals surface area (Å²) in [6, 6.07) is 0. The van der Waals surface area contributed by atoms with Gasteiger partial charge in [-0.3, -0.25) is 0 Å². The van der Waals surface area contributed by atoms with Crippen LogP contribution in [0.15, 0.2) is 0 Å². The van der Waals surface area contributed by atoms with Gasteiger partial charge in [-0.2, -0.15) is 0 Å². The summed E-state index contributed by atoms with van der Waals surface area (Å²) in [5, 5.41) is 0. The van der Waals surface area contributed by atoms with Crippen LogP contribution in [0.25, 0.3) is 0 Å². The average molecular weight is 181 g/mol. The minimum absolute atomic E-state index is 0.724. The maximum Gasteiger partial charge on any atom is -0.00433 e. The summed E-state index contributed by atoms with van der Waals surface area (Å²) >= 11 is 0. The fourth-order valence-electron chi connectivity index (χ4n) is 3.33. The molecule has 3 unspecified atom stereocenters. The van der Waals surface area contributed by atoms with Crippen molar-refractivity contribution >= 4 is 0 Å². The van der Waals surface area contributed by atoms with Gasteiger partial charge in [0.25, 0.3) is 0 Å². The summed E-state index contributed by atoms with van der Waals surface area (Å²) in [6.07, 6.45) is 7.31. The van der Waals surface area contributed by atoms with Crippen molar-refractivity contribution in [1.29, 1.82) is 0 Å². The van der Waals surface area contributed by atoms with Gasteiger partial charge in [-0.25, -0.2) is 0 Å². The Bertz CT molecular complexity index is 188. The molecule has 2 aliphatic rings. The van der Waals surface area contributed by atoms with E-state index in [2.05, 4.69) is 13.8 Å². The van der Waals surface area contributed by atoms with Gasteiger partial charge >= 0.3 is 0 Å². The molecule has 2 fully saturated rings. The molecule has 3 atom stereocenters. The van der Waals surface area contributed by atoms with E-state index in [0.717, 1.165) is 29.7 Å². The Hall–Kier alpha value is -0.0400. The highest BCUT2D eigenvalue weighted by molar-refractivity contribution is 5.05. The third-order valence-corrected chi connectivity index (χ3v) is 4.50.